The molecule has 1 N–H and O–H groups in total. The third-order valence-corrected chi connectivity index (χ3v) is 4.35. The van der Waals surface area contributed by atoms with Crippen LogP contribution in [0.3, 0.4) is 0 Å². The van der Waals surface area contributed by atoms with Gasteiger partial charge in [0.25, 0.3) is 5.91 Å². The number of benzene rings is 1. The highest BCUT2D eigenvalue weighted by Gasteiger charge is 2.16. The largest absolute Gasteiger partial charge is 0.459 e. The first-order valence-corrected chi connectivity index (χ1v) is 8.48. The van der Waals surface area contributed by atoms with E-state index in [1.54, 1.807) is 12.1 Å². The fourth-order valence-corrected chi connectivity index (χ4v) is 2.97. The number of nitrogens with zero attached hydrogens (tertiary/aromatic N) is 2. The van der Waals surface area contributed by atoms with Crippen molar-refractivity contribution in [3.63, 3.8) is 0 Å². The van der Waals surface area contributed by atoms with E-state index in [1.807, 2.05) is 29.7 Å². The van der Waals surface area contributed by atoms with Crippen LogP contribution < -0.4 is 5.32 Å². The molecule has 0 unspecified atom stereocenters. The van der Waals surface area contributed by atoms with Gasteiger partial charge in [0.05, 0.1) is 24.2 Å². The van der Waals surface area contributed by atoms with Gasteiger partial charge < -0.3 is 14.1 Å². The summed E-state index contributed by atoms with van der Waals surface area (Å²) in [5, 5.41) is 2.93. The SMILES string of the molecule is Cc1ccc(-c2nc3ccc(C)cn3c2CNC(=O)c2ccco2)cc1. The van der Waals surface area contributed by atoms with E-state index in [0.717, 1.165) is 28.2 Å². The molecule has 0 bridgehead atoms. The first kappa shape index (κ1) is 16.1. The fraction of sp³-hybridized carbons (Fsp3) is 0.143. The molecule has 3 aromatic heterocycles. The summed E-state index contributed by atoms with van der Waals surface area (Å²) < 4.78 is 7.20. The Morgan fingerprint density at radius 1 is 1.08 bits per heavy atom. The molecule has 130 valence electrons. The van der Waals surface area contributed by atoms with Gasteiger partial charge in [0.1, 0.15) is 5.65 Å². The van der Waals surface area contributed by atoms with E-state index in [0.29, 0.717) is 12.3 Å². The van der Waals surface area contributed by atoms with Crippen LogP contribution in [0.25, 0.3) is 16.9 Å². The van der Waals surface area contributed by atoms with Gasteiger partial charge in [0, 0.05) is 11.8 Å². The Bertz CT molecular complexity index is 1060. The first-order chi connectivity index (χ1) is 12.6. The number of hydrogen-bond donors (Lipinski definition) is 1. The Morgan fingerprint density at radius 2 is 1.85 bits per heavy atom. The lowest BCUT2D eigenvalue weighted by Gasteiger charge is -2.08. The van der Waals surface area contributed by atoms with Crippen LogP contribution in [0.2, 0.25) is 0 Å². The number of aryl methyl sites for hydroxylation is 2. The van der Waals surface area contributed by atoms with E-state index in [4.69, 9.17) is 9.40 Å². The Morgan fingerprint density at radius 3 is 2.58 bits per heavy atom. The van der Waals surface area contributed by atoms with Crippen molar-refractivity contribution >= 4 is 11.6 Å². The van der Waals surface area contributed by atoms with E-state index < -0.39 is 0 Å². The second kappa shape index (κ2) is 6.52. The van der Waals surface area contributed by atoms with Gasteiger partial charge in [-0.05, 0) is 37.6 Å². The number of amides is 1. The number of hydrogen-bond acceptors (Lipinski definition) is 3. The molecule has 0 saturated heterocycles. The standard InChI is InChI=1S/C21H19N3O2/c1-14-5-8-16(9-6-14)20-17(12-22-21(25)18-4-3-11-26-18)24-13-15(2)7-10-19(24)23-20/h3-11,13H,12H2,1-2H3,(H,22,25). The predicted octanol–water partition coefficient (Wildman–Crippen LogP) is 4.14. The maximum Gasteiger partial charge on any atom is 0.287 e. The number of imidazole rings is 1. The highest BCUT2D eigenvalue weighted by atomic mass is 16.3. The topological polar surface area (TPSA) is 59.5 Å². The maximum atomic E-state index is 12.3. The number of furan rings is 1. The summed E-state index contributed by atoms with van der Waals surface area (Å²) in [6.45, 7) is 4.45. The molecule has 5 heteroatoms. The molecule has 0 aliphatic carbocycles. The Labute approximate surface area is 151 Å². The molecule has 0 aliphatic rings. The van der Waals surface area contributed by atoms with Crippen LogP contribution in [0.4, 0.5) is 0 Å². The van der Waals surface area contributed by atoms with Gasteiger partial charge in [-0.25, -0.2) is 4.98 Å². The third kappa shape index (κ3) is 2.99. The third-order valence-electron chi connectivity index (χ3n) is 4.35. The molecule has 0 radical (unpaired) electrons. The minimum atomic E-state index is -0.243. The molecular formula is C21H19N3O2. The summed E-state index contributed by atoms with van der Waals surface area (Å²) >= 11 is 0. The summed E-state index contributed by atoms with van der Waals surface area (Å²) in [6.07, 6.45) is 3.53. The molecule has 3 heterocycles. The van der Waals surface area contributed by atoms with Crippen molar-refractivity contribution in [1.82, 2.24) is 14.7 Å². The molecule has 5 nitrogen and oxygen atoms in total. The molecule has 0 spiro atoms. The summed E-state index contributed by atoms with van der Waals surface area (Å²) in [4.78, 5) is 17.0. The number of carbonyl (C=O) groups excluding carboxylic acids is 1. The van der Waals surface area contributed by atoms with Crippen molar-refractivity contribution in [2.24, 2.45) is 0 Å². The van der Waals surface area contributed by atoms with Gasteiger partial charge in [0.15, 0.2) is 5.76 Å². The monoisotopic (exact) mass is 345 g/mol. The number of carbonyl (C=O) groups is 1. The predicted molar refractivity (Wildman–Crippen MR) is 100.0 cm³/mol. The van der Waals surface area contributed by atoms with Crippen LogP contribution in [-0.4, -0.2) is 15.3 Å². The summed E-state index contributed by atoms with van der Waals surface area (Å²) in [5.74, 6) is 0.0550. The molecule has 0 aliphatic heterocycles. The van der Waals surface area contributed by atoms with E-state index >= 15 is 0 Å². The minimum absolute atomic E-state index is 0.243. The van der Waals surface area contributed by atoms with E-state index in [1.165, 1.54) is 11.8 Å². The van der Waals surface area contributed by atoms with Crippen LogP contribution in [0.1, 0.15) is 27.4 Å². The Balaban J connectivity index is 1.75. The van der Waals surface area contributed by atoms with E-state index in [2.05, 4.69) is 36.5 Å². The molecule has 0 fully saturated rings. The lowest BCUT2D eigenvalue weighted by Crippen LogP contribution is -2.23. The first-order valence-electron chi connectivity index (χ1n) is 8.48. The fourth-order valence-electron chi connectivity index (χ4n) is 2.97. The van der Waals surface area contributed by atoms with E-state index in [-0.39, 0.29) is 5.91 Å². The highest BCUT2D eigenvalue weighted by molar-refractivity contribution is 5.91. The average Bonchev–Trinajstić information content (AvgIpc) is 3.28. The molecule has 1 amide bonds. The number of nitrogens with one attached hydrogen (secondary N) is 1. The lowest BCUT2D eigenvalue weighted by molar-refractivity contribution is 0.0922. The van der Waals surface area contributed by atoms with Crippen molar-refractivity contribution in [3.05, 3.63) is 83.6 Å². The van der Waals surface area contributed by atoms with Crippen LogP contribution in [0, 0.1) is 13.8 Å². The quantitative estimate of drug-likeness (QED) is 0.605. The van der Waals surface area contributed by atoms with E-state index in [9.17, 15) is 4.79 Å². The number of aromatic nitrogens is 2. The number of fused-ring (bicyclic) bond motifs is 1. The summed E-state index contributed by atoms with van der Waals surface area (Å²) in [7, 11) is 0. The van der Waals surface area contributed by atoms with Gasteiger partial charge >= 0.3 is 0 Å². The van der Waals surface area contributed by atoms with Gasteiger partial charge in [-0.3, -0.25) is 4.79 Å². The summed E-state index contributed by atoms with van der Waals surface area (Å²) in [5.41, 5.74) is 6.01. The summed E-state index contributed by atoms with van der Waals surface area (Å²) in [6, 6.07) is 15.6. The van der Waals surface area contributed by atoms with Gasteiger partial charge in [-0.15, -0.1) is 0 Å². The van der Waals surface area contributed by atoms with Crippen molar-refractivity contribution in [3.8, 4) is 11.3 Å². The zero-order valence-electron chi connectivity index (χ0n) is 14.7. The number of rotatable bonds is 4. The van der Waals surface area contributed by atoms with Crippen molar-refractivity contribution in [2.45, 2.75) is 20.4 Å². The molecule has 4 aromatic rings. The maximum absolute atomic E-state index is 12.3. The molecule has 0 atom stereocenters. The van der Waals surface area contributed by atoms with Crippen molar-refractivity contribution in [2.75, 3.05) is 0 Å². The Hall–Kier alpha value is -3.34. The normalized spacial score (nSPS) is 11.0. The molecule has 0 saturated carbocycles. The van der Waals surface area contributed by atoms with Crippen LogP contribution in [0.5, 0.6) is 0 Å². The zero-order chi connectivity index (χ0) is 18.1. The van der Waals surface area contributed by atoms with Gasteiger partial charge in [0.2, 0.25) is 0 Å². The van der Waals surface area contributed by atoms with Crippen LogP contribution in [-0.2, 0) is 6.54 Å². The molecule has 4 rings (SSSR count). The second-order valence-corrected chi connectivity index (χ2v) is 6.37. The van der Waals surface area contributed by atoms with Crippen molar-refractivity contribution < 1.29 is 9.21 Å². The lowest BCUT2D eigenvalue weighted by atomic mass is 10.1. The Kier molecular flexibility index (Phi) is 4.05. The average molecular weight is 345 g/mol. The van der Waals surface area contributed by atoms with Crippen LogP contribution in [0.15, 0.2) is 65.4 Å². The van der Waals surface area contributed by atoms with Crippen LogP contribution >= 0.6 is 0 Å². The smallest absolute Gasteiger partial charge is 0.287 e. The zero-order valence-corrected chi connectivity index (χ0v) is 14.7. The molecular weight excluding hydrogens is 326 g/mol. The molecule has 26 heavy (non-hydrogen) atoms. The second-order valence-electron chi connectivity index (χ2n) is 6.37. The van der Waals surface area contributed by atoms with Gasteiger partial charge in [-0.2, -0.15) is 0 Å². The minimum Gasteiger partial charge on any atom is -0.459 e. The highest BCUT2D eigenvalue weighted by Crippen LogP contribution is 2.25. The molecule has 1 aromatic carbocycles. The number of pyridine rings is 1. The van der Waals surface area contributed by atoms with Gasteiger partial charge in [-0.1, -0.05) is 35.9 Å². The van der Waals surface area contributed by atoms with Crippen molar-refractivity contribution in [1.29, 1.82) is 0 Å².